The summed E-state index contributed by atoms with van der Waals surface area (Å²) in [5.41, 5.74) is 1.17. The number of benzene rings is 2. The average molecular weight is 422 g/mol. The second-order valence-corrected chi connectivity index (χ2v) is 8.53. The summed E-state index contributed by atoms with van der Waals surface area (Å²) >= 11 is 0. The minimum Gasteiger partial charge on any atom is -0.497 e. The summed E-state index contributed by atoms with van der Waals surface area (Å²) in [7, 11) is 3.26. The Morgan fingerprint density at radius 3 is 2.65 bits per heavy atom. The topological polar surface area (TPSA) is 59.0 Å². The molecule has 1 aliphatic carbocycles. The lowest BCUT2D eigenvalue weighted by atomic mass is 9.66. The molecular weight excluding hydrogens is 390 g/mol. The minimum atomic E-state index is -0.742. The van der Waals surface area contributed by atoms with Crippen LogP contribution in [-0.2, 0) is 4.79 Å². The lowest BCUT2D eigenvalue weighted by Gasteiger charge is -2.52. The zero-order valence-electron chi connectivity index (χ0n) is 18.3. The number of nitrogens with zero attached hydrogens (tertiary/aromatic N) is 1. The molecule has 1 heterocycles. The first-order chi connectivity index (χ1) is 15.1. The predicted octanol–water partition coefficient (Wildman–Crippen LogP) is 4.61. The monoisotopic (exact) mass is 421 g/mol. The zero-order valence-corrected chi connectivity index (χ0v) is 18.3. The highest BCUT2D eigenvalue weighted by atomic mass is 16.5. The Hall–Kier alpha value is -2.79. The summed E-state index contributed by atoms with van der Waals surface area (Å²) in [5, 5.41) is 11.5. The summed E-state index contributed by atoms with van der Waals surface area (Å²) in [6.45, 7) is 0.519. The van der Waals surface area contributed by atoms with Gasteiger partial charge in [0.15, 0.2) is 0 Å². The van der Waals surface area contributed by atoms with Crippen LogP contribution in [0.5, 0.6) is 11.5 Å². The zero-order chi connectivity index (χ0) is 21.8. The van der Waals surface area contributed by atoms with E-state index in [9.17, 15) is 9.90 Å². The molecule has 2 aliphatic rings. The predicted molar refractivity (Wildman–Crippen MR) is 121 cm³/mol. The van der Waals surface area contributed by atoms with E-state index in [1.54, 1.807) is 20.3 Å². The van der Waals surface area contributed by atoms with Crippen LogP contribution in [0.4, 0.5) is 0 Å². The summed E-state index contributed by atoms with van der Waals surface area (Å²) in [5.74, 6) is 1.33. The van der Waals surface area contributed by atoms with E-state index < -0.39 is 5.60 Å². The van der Waals surface area contributed by atoms with E-state index in [0.717, 1.165) is 36.8 Å². The molecule has 3 atom stereocenters. The molecule has 1 aliphatic heterocycles. The Labute approximate surface area is 184 Å². The van der Waals surface area contributed by atoms with Crippen molar-refractivity contribution < 1.29 is 19.4 Å². The first-order valence-electron chi connectivity index (χ1n) is 11.0. The number of amides is 1. The maximum Gasteiger partial charge on any atom is 0.247 e. The van der Waals surface area contributed by atoms with E-state index in [4.69, 9.17) is 9.47 Å². The molecule has 0 bridgehead atoms. The Kier molecular flexibility index (Phi) is 6.33. The van der Waals surface area contributed by atoms with Crippen molar-refractivity contribution in [2.24, 2.45) is 5.92 Å². The molecular formula is C26H31NO4. The molecule has 5 heteroatoms. The third-order valence-corrected chi connectivity index (χ3v) is 6.83. The Morgan fingerprint density at radius 1 is 1.10 bits per heavy atom. The number of rotatable bonds is 5. The third-order valence-electron chi connectivity index (χ3n) is 6.83. The van der Waals surface area contributed by atoms with Gasteiger partial charge in [-0.15, -0.1) is 0 Å². The van der Waals surface area contributed by atoms with Gasteiger partial charge in [0, 0.05) is 30.2 Å². The minimum absolute atomic E-state index is 0.0219. The molecule has 0 spiro atoms. The number of piperidine rings is 1. The summed E-state index contributed by atoms with van der Waals surface area (Å²) in [6.07, 6.45) is 7.87. The van der Waals surface area contributed by atoms with E-state index in [2.05, 4.69) is 0 Å². The van der Waals surface area contributed by atoms with E-state index >= 15 is 0 Å². The van der Waals surface area contributed by atoms with Gasteiger partial charge < -0.3 is 19.5 Å². The fourth-order valence-corrected chi connectivity index (χ4v) is 5.20. The van der Waals surface area contributed by atoms with Crippen LogP contribution in [0.3, 0.4) is 0 Å². The quantitative estimate of drug-likeness (QED) is 0.716. The standard InChI is InChI=1S/C26H31NO4/c1-30-20-12-13-21(23(18-20)31-2)25-22-10-6-7-15-26(22,29)16-17-27(25)24(28)14-11-19-8-4-3-5-9-19/h3-5,8-9,11-14,18,22,25,29H,6-7,10,15-17H2,1-2H3/b14-11+/t22-,25+,26+/m1/s1. The van der Waals surface area contributed by atoms with Crippen molar-refractivity contribution in [1.29, 1.82) is 0 Å². The van der Waals surface area contributed by atoms with Crippen molar-refractivity contribution in [2.45, 2.75) is 43.7 Å². The van der Waals surface area contributed by atoms with Crippen molar-refractivity contribution in [3.8, 4) is 11.5 Å². The van der Waals surface area contributed by atoms with Crippen molar-refractivity contribution >= 4 is 12.0 Å². The fraction of sp³-hybridized carbons (Fsp3) is 0.423. The molecule has 2 aromatic carbocycles. The van der Waals surface area contributed by atoms with Gasteiger partial charge in [-0.05, 0) is 43.0 Å². The first kappa shape index (κ1) is 21.4. The van der Waals surface area contributed by atoms with Crippen molar-refractivity contribution in [3.63, 3.8) is 0 Å². The van der Waals surface area contributed by atoms with Crippen molar-refractivity contribution in [1.82, 2.24) is 4.90 Å². The molecule has 1 N–H and O–H groups in total. The molecule has 1 saturated heterocycles. The van der Waals surface area contributed by atoms with Gasteiger partial charge >= 0.3 is 0 Å². The van der Waals surface area contributed by atoms with E-state index in [-0.39, 0.29) is 17.9 Å². The molecule has 5 nitrogen and oxygen atoms in total. The van der Waals surface area contributed by atoms with Crippen molar-refractivity contribution in [2.75, 3.05) is 20.8 Å². The highest BCUT2D eigenvalue weighted by molar-refractivity contribution is 5.92. The molecule has 0 aromatic heterocycles. The number of fused-ring (bicyclic) bond motifs is 1. The number of hydrogen-bond acceptors (Lipinski definition) is 4. The van der Waals surface area contributed by atoms with E-state index in [1.165, 1.54) is 0 Å². The second kappa shape index (κ2) is 9.15. The molecule has 0 radical (unpaired) electrons. The molecule has 0 unspecified atom stereocenters. The molecule has 164 valence electrons. The second-order valence-electron chi connectivity index (χ2n) is 8.53. The highest BCUT2D eigenvalue weighted by Gasteiger charge is 2.50. The first-order valence-corrected chi connectivity index (χ1v) is 11.0. The number of carbonyl (C=O) groups excluding carboxylic acids is 1. The van der Waals surface area contributed by atoms with Crippen LogP contribution in [-0.4, -0.2) is 42.3 Å². The molecule has 1 amide bonds. The van der Waals surface area contributed by atoms with Gasteiger partial charge in [0.05, 0.1) is 25.9 Å². The normalized spacial score (nSPS) is 25.8. The lowest BCUT2D eigenvalue weighted by Crippen LogP contribution is -2.56. The maximum absolute atomic E-state index is 13.3. The number of likely N-dealkylation sites (tertiary alicyclic amines) is 1. The summed E-state index contributed by atoms with van der Waals surface area (Å²) < 4.78 is 11.1. The van der Waals surface area contributed by atoms with Gasteiger partial charge in [-0.3, -0.25) is 4.79 Å². The third kappa shape index (κ3) is 4.33. The van der Waals surface area contributed by atoms with E-state index in [1.807, 2.05) is 59.5 Å². The average Bonchev–Trinajstić information content (AvgIpc) is 2.81. The van der Waals surface area contributed by atoms with E-state index in [0.29, 0.717) is 24.5 Å². The van der Waals surface area contributed by atoms with Crippen LogP contribution in [0.1, 0.15) is 49.3 Å². The summed E-state index contributed by atoms with van der Waals surface area (Å²) in [4.78, 5) is 15.3. The highest BCUT2D eigenvalue weighted by Crippen LogP contribution is 2.51. The SMILES string of the molecule is COc1ccc([C@H]2[C@H]3CCCC[C@]3(O)CCN2C(=O)/C=C/c2ccccc2)c(OC)c1. The van der Waals surface area contributed by atoms with Gasteiger partial charge in [-0.1, -0.05) is 43.2 Å². The lowest BCUT2D eigenvalue weighted by molar-refractivity contribution is -0.151. The Balaban J connectivity index is 1.72. The largest absolute Gasteiger partial charge is 0.497 e. The molecule has 2 fully saturated rings. The number of ether oxygens (including phenoxy) is 2. The molecule has 2 aromatic rings. The smallest absolute Gasteiger partial charge is 0.247 e. The van der Waals surface area contributed by atoms with Gasteiger partial charge in [-0.25, -0.2) is 0 Å². The Morgan fingerprint density at radius 2 is 1.90 bits per heavy atom. The molecule has 31 heavy (non-hydrogen) atoms. The van der Waals surface area contributed by atoms with Gasteiger partial charge in [0.1, 0.15) is 11.5 Å². The number of hydrogen-bond donors (Lipinski definition) is 1. The van der Waals surface area contributed by atoms with Crippen LogP contribution in [0.15, 0.2) is 54.6 Å². The Bertz CT molecular complexity index is 942. The fourth-order valence-electron chi connectivity index (χ4n) is 5.20. The molecule has 1 saturated carbocycles. The maximum atomic E-state index is 13.3. The van der Waals surface area contributed by atoms with Crippen LogP contribution < -0.4 is 9.47 Å². The van der Waals surface area contributed by atoms with Gasteiger partial charge in [-0.2, -0.15) is 0 Å². The van der Waals surface area contributed by atoms with Gasteiger partial charge in [0.25, 0.3) is 0 Å². The number of aliphatic hydroxyl groups is 1. The number of carbonyl (C=O) groups is 1. The van der Waals surface area contributed by atoms with Crippen molar-refractivity contribution in [3.05, 3.63) is 65.7 Å². The van der Waals surface area contributed by atoms with Crippen LogP contribution in [0.25, 0.3) is 6.08 Å². The van der Waals surface area contributed by atoms with Crippen LogP contribution in [0, 0.1) is 5.92 Å². The van der Waals surface area contributed by atoms with Crippen LogP contribution >= 0.6 is 0 Å². The van der Waals surface area contributed by atoms with Crippen LogP contribution in [0.2, 0.25) is 0 Å². The van der Waals surface area contributed by atoms with Gasteiger partial charge in [0.2, 0.25) is 5.91 Å². The number of methoxy groups -OCH3 is 2. The summed E-state index contributed by atoms with van der Waals surface area (Å²) in [6, 6.07) is 15.3. The molecule has 4 rings (SSSR count).